The van der Waals surface area contributed by atoms with Crippen LogP contribution in [0.4, 0.5) is 0 Å². The van der Waals surface area contributed by atoms with Gasteiger partial charge in [0.15, 0.2) is 6.10 Å². The fourth-order valence-corrected chi connectivity index (χ4v) is 2.37. The number of hydrogen-bond donors (Lipinski definition) is 0. The molecule has 0 aromatic heterocycles. The number of halogens is 1. The third-order valence-corrected chi connectivity index (χ3v) is 3.17. The molecule has 0 spiro atoms. The van der Waals surface area contributed by atoms with E-state index in [0.29, 0.717) is 22.6 Å². The Hall–Kier alpha value is -1.22. The molecule has 4 heteroatoms. The van der Waals surface area contributed by atoms with Crippen molar-refractivity contribution in [3.05, 3.63) is 29.3 Å². The summed E-state index contributed by atoms with van der Waals surface area (Å²) in [5.41, 5.74) is 0. The Labute approximate surface area is 133 Å². The normalized spacial score (nSPS) is 12.6. The largest absolute Gasteiger partial charge is 0.481 e. The van der Waals surface area contributed by atoms with Gasteiger partial charge in [-0.25, -0.2) is 0 Å². The van der Waals surface area contributed by atoms with Crippen molar-refractivity contribution < 1.29 is 9.53 Å². The van der Waals surface area contributed by atoms with Crippen LogP contribution in [0.3, 0.4) is 0 Å². The van der Waals surface area contributed by atoms with Crippen LogP contribution in [0.5, 0.6) is 5.75 Å². The number of amides is 1. The molecule has 0 N–H and O–H groups in total. The molecule has 3 nitrogen and oxygen atoms in total. The molecule has 0 aliphatic carbocycles. The molecule has 0 aliphatic rings. The molecule has 0 fully saturated rings. The summed E-state index contributed by atoms with van der Waals surface area (Å²) in [6.45, 7) is 11.7. The van der Waals surface area contributed by atoms with Crippen LogP contribution in [0.1, 0.15) is 34.6 Å². The van der Waals surface area contributed by atoms with Gasteiger partial charge in [-0.2, -0.15) is 0 Å². The van der Waals surface area contributed by atoms with E-state index in [0.717, 1.165) is 13.1 Å². The highest BCUT2D eigenvalue weighted by atomic mass is 35.5. The third-order valence-electron chi connectivity index (χ3n) is 2.94. The van der Waals surface area contributed by atoms with Gasteiger partial charge in [0.1, 0.15) is 5.75 Å². The maximum Gasteiger partial charge on any atom is 0.263 e. The van der Waals surface area contributed by atoms with Gasteiger partial charge in [0.05, 0.1) is 0 Å². The van der Waals surface area contributed by atoms with E-state index in [4.69, 9.17) is 16.3 Å². The summed E-state index contributed by atoms with van der Waals surface area (Å²) in [7, 11) is 0. The van der Waals surface area contributed by atoms with E-state index in [-0.39, 0.29) is 5.91 Å². The van der Waals surface area contributed by atoms with Crippen LogP contribution in [-0.2, 0) is 4.79 Å². The smallest absolute Gasteiger partial charge is 0.263 e. The number of benzene rings is 1. The van der Waals surface area contributed by atoms with Crippen LogP contribution >= 0.6 is 11.6 Å². The standard InChI is InChI=1S/C17H26ClNO2/c1-12(2)10-19(11-13(3)4)17(20)14(5)21-16-8-6-7-15(18)9-16/h6-9,12-14H,10-11H2,1-5H3. The molecule has 1 amide bonds. The highest BCUT2D eigenvalue weighted by Gasteiger charge is 2.23. The quantitative estimate of drug-likeness (QED) is 0.753. The Balaban J connectivity index is 2.72. The SMILES string of the molecule is CC(C)CN(CC(C)C)C(=O)C(C)Oc1cccc(Cl)c1. The molecule has 0 heterocycles. The lowest BCUT2D eigenvalue weighted by Crippen LogP contribution is -2.44. The van der Waals surface area contributed by atoms with Crippen molar-refractivity contribution in [2.24, 2.45) is 11.8 Å². The van der Waals surface area contributed by atoms with Crippen molar-refractivity contribution in [1.29, 1.82) is 0 Å². The minimum absolute atomic E-state index is 0.0253. The highest BCUT2D eigenvalue weighted by molar-refractivity contribution is 6.30. The number of nitrogens with zero attached hydrogens (tertiary/aromatic N) is 1. The molecular weight excluding hydrogens is 286 g/mol. The van der Waals surface area contributed by atoms with E-state index < -0.39 is 6.10 Å². The molecule has 21 heavy (non-hydrogen) atoms. The van der Waals surface area contributed by atoms with Gasteiger partial charge < -0.3 is 9.64 Å². The molecule has 0 aliphatic heterocycles. The van der Waals surface area contributed by atoms with E-state index >= 15 is 0 Å². The molecular formula is C17H26ClNO2. The first kappa shape index (κ1) is 17.8. The van der Waals surface area contributed by atoms with Crippen molar-refractivity contribution in [2.45, 2.75) is 40.7 Å². The molecule has 1 aromatic carbocycles. The number of carbonyl (C=O) groups excluding carboxylic acids is 1. The van der Waals surface area contributed by atoms with E-state index in [1.165, 1.54) is 0 Å². The summed E-state index contributed by atoms with van der Waals surface area (Å²) in [5.74, 6) is 1.52. The number of hydrogen-bond acceptors (Lipinski definition) is 2. The molecule has 0 saturated heterocycles. The number of rotatable bonds is 7. The molecule has 118 valence electrons. The first-order valence-electron chi connectivity index (χ1n) is 7.50. The lowest BCUT2D eigenvalue weighted by atomic mass is 10.1. The molecule has 0 radical (unpaired) electrons. The van der Waals surface area contributed by atoms with E-state index in [1.807, 2.05) is 17.0 Å². The fourth-order valence-electron chi connectivity index (χ4n) is 2.19. The second kappa shape index (κ2) is 8.28. The zero-order valence-electron chi connectivity index (χ0n) is 13.6. The predicted octanol–water partition coefficient (Wildman–Crippen LogP) is 4.25. The molecule has 1 unspecified atom stereocenters. The van der Waals surface area contributed by atoms with Gasteiger partial charge in [0.2, 0.25) is 0 Å². The number of ether oxygens (including phenoxy) is 1. The Morgan fingerprint density at radius 2 is 1.71 bits per heavy atom. The van der Waals surface area contributed by atoms with E-state index in [9.17, 15) is 4.79 Å². The minimum atomic E-state index is -0.513. The summed E-state index contributed by atoms with van der Waals surface area (Å²) in [6, 6.07) is 7.13. The second-order valence-corrected chi connectivity index (χ2v) is 6.68. The van der Waals surface area contributed by atoms with Crippen molar-refractivity contribution in [1.82, 2.24) is 4.90 Å². The van der Waals surface area contributed by atoms with E-state index in [2.05, 4.69) is 27.7 Å². The summed E-state index contributed by atoms with van der Waals surface area (Å²) < 4.78 is 5.73. The van der Waals surface area contributed by atoms with Crippen LogP contribution in [0.15, 0.2) is 24.3 Å². The van der Waals surface area contributed by atoms with Gasteiger partial charge in [-0.1, -0.05) is 45.4 Å². The van der Waals surface area contributed by atoms with Crippen molar-refractivity contribution in [2.75, 3.05) is 13.1 Å². The van der Waals surface area contributed by atoms with Crippen LogP contribution in [-0.4, -0.2) is 30.0 Å². The first-order valence-corrected chi connectivity index (χ1v) is 7.88. The predicted molar refractivity (Wildman–Crippen MR) is 87.8 cm³/mol. The Kier molecular flexibility index (Phi) is 7.03. The van der Waals surface area contributed by atoms with Gasteiger partial charge in [-0.15, -0.1) is 0 Å². The van der Waals surface area contributed by atoms with Crippen LogP contribution in [0.25, 0.3) is 0 Å². The van der Waals surface area contributed by atoms with Crippen molar-refractivity contribution in [3.8, 4) is 5.75 Å². The molecule has 1 aromatic rings. The summed E-state index contributed by atoms with van der Waals surface area (Å²) in [4.78, 5) is 14.5. The number of carbonyl (C=O) groups is 1. The monoisotopic (exact) mass is 311 g/mol. The zero-order chi connectivity index (χ0) is 16.0. The van der Waals surface area contributed by atoms with Crippen molar-refractivity contribution >= 4 is 17.5 Å². The average molecular weight is 312 g/mol. The summed E-state index contributed by atoms with van der Waals surface area (Å²) >= 11 is 5.93. The van der Waals surface area contributed by atoms with E-state index in [1.54, 1.807) is 19.1 Å². The van der Waals surface area contributed by atoms with Crippen LogP contribution in [0.2, 0.25) is 5.02 Å². The Morgan fingerprint density at radius 1 is 1.14 bits per heavy atom. The van der Waals surface area contributed by atoms with Gasteiger partial charge in [0, 0.05) is 18.1 Å². The summed E-state index contributed by atoms with van der Waals surface area (Å²) in [5, 5.41) is 0.605. The van der Waals surface area contributed by atoms with Gasteiger partial charge >= 0.3 is 0 Å². The minimum Gasteiger partial charge on any atom is -0.481 e. The molecule has 1 rings (SSSR count). The molecule has 0 saturated carbocycles. The lowest BCUT2D eigenvalue weighted by molar-refractivity contribution is -0.139. The third kappa shape index (κ3) is 6.38. The van der Waals surface area contributed by atoms with Gasteiger partial charge in [-0.3, -0.25) is 4.79 Å². The Morgan fingerprint density at radius 3 is 2.19 bits per heavy atom. The first-order chi connectivity index (χ1) is 9.79. The molecule has 1 atom stereocenters. The zero-order valence-corrected chi connectivity index (χ0v) is 14.4. The van der Waals surface area contributed by atoms with Gasteiger partial charge in [-0.05, 0) is 37.0 Å². The maximum absolute atomic E-state index is 12.6. The van der Waals surface area contributed by atoms with Gasteiger partial charge in [0.25, 0.3) is 5.91 Å². The molecule has 0 bridgehead atoms. The fraction of sp³-hybridized carbons (Fsp3) is 0.588. The summed E-state index contributed by atoms with van der Waals surface area (Å²) in [6.07, 6.45) is -0.513. The topological polar surface area (TPSA) is 29.5 Å². The van der Waals surface area contributed by atoms with Crippen LogP contribution < -0.4 is 4.74 Å². The highest BCUT2D eigenvalue weighted by Crippen LogP contribution is 2.19. The lowest BCUT2D eigenvalue weighted by Gasteiger charge is -2.29. The average Bonchev–Trinajstić information content (AvgIpc) is 2.35. The van der Waals surface area contributed by atoms with Crippen molar-refractivity contribution in [3.63, 3.8) is 0 Å². The Bertz CT molecular complexity index is 450. The maximum atomic E-state index is 12.6. The van der Waals surface area contributed by atoms with Crippen LogP contribution in [0, 0.1) is 11.8 Å². The second-order valence-electron chi connectivity index (χ2n) is 6.25.